The lowest BCUT2D eigenvalue weighted by molar-refractivity contribution is -0.0399. The molecule has 1 aliphatic heterocycles. The highest BCUT2D eigenvalue weighted by Gasteiger charge is 2.23. The minimum atomic E-state index is 0.0948. The van der Waals surface area contributed by atoms with E-state index in [1.165, 1.54) is 0 Å². The molecule has 0 aliphatic carbocycles. The molecule has 1 aromatic carbocycles. The van der Waals surface area contributed by atoms with Crippen molar-refractivity contribution in [3.8, 4) is 0 Å². The van der Waals surface area contributed by atoms with Gasteiger partial charge in [-0.25, -0.2) is 0 Å². The van der Waals surface area contributed by atoms with Crippen molar-refractivity contribution >= 4 is 11.6 Å². The third kappa shape index (κ3) is 2.51. The van der Waals surface area contributed by atoms with Gasteiger partial charge < -0.3 is 10.1 Å². The maximum Gasteiger partial charge on any atom is 0.0967 e. The van der Waals surface area contributed by atoms with Gasteiger partial charge in [-0.3, -0.25) is 0 Å². The van der Waals surface area contributed by atoms with Crippen LogP contribution < -0.4 is 5.32 Å². The van der Waals surface area contributed by atoms with E-state index >= 15 is 0 Å². The van der Waals surface area contributed by atoms with Gasteiger partial charge in [0.05, 0.1) is 12.2 Å². The van der Waals surface area contributed by atoms with Gasteiger partial charge in [-0.15, -0.1) is 0 Å². The normalized spacial score (nSPS) is 26.5. The molecular weight excluding hydrogens is 210 g/mol. The van der Waals surface area contributed by atoms with E-state index in [1.807, 2.05) is 24.3 Å². The molecule has 0 amide bonds. The van der Waals surface area contributed by atoms with E-state index in [0.29, 0.717) is 6.10 Å². The number of hydrogen-bond acceptors (Lipinski definition) is 2. The van der Waals surface area contributed by atoms with E-state index in [4.69, 9.17) is 16.3 Å². The average molecular weight is 226 g/mol. The van der Waals surface area contributed by atoms with Gasteiger partial charge in [0.25, 0.3) is 0 Å². The molecule has 0 saturated carbocycles. The van der Waals surface area contributed by atoms with Gasteiger partial charge in [-0.05, 0) is 12.5 Å². The van der Waals surface area contributed by atoms with Crippen LogP contribution in [0.5, 0.6) is 0 Å². The topological polar surface area (TPSA) is 21.3 Å². The van der Waals surface area contributed by atoms with Crippen LogP contribution in [0.3, 0.4) is 0 Å². The summed E-state index contributed by atoms with van der Waals surface area (Å²) in [6, 6.07) is 7.89. The average Bonchev–Trinajstić information content (AvgIpc) is 2.30. The van der Waals surface area contributed by atoms with Crippen molar-refractivity contribution in [1.82, 2.24) is 5.32 Å². The molecule has 1 N–H and O–H groups in total. The predicted octanol–water partition coefficient (Wildman–Crippen LogP) is 2.78. The van der Waals surface area contributed by atoms with Gasteiger partial charge in [-0.2, -0.15) is 0 Å². The fraction of sp³-hybridized carbons (Fsp3) is 0.500. The smallest absolute Gasteiger partial charge is 0.0967 e. The summed E-state index contributed by atoms with van der Waals surface area (Å²) in [7, 11) is 0. The van der Waals surface area contributed by atoms with Gasteiger partial charge in [0.1, 0.15) is 0 Å². The molecule has 1 saturated heterocycles. The minimum absolute atomic E-state index is 0.0948. The summed E-state index contributed by atoms with van der Waals surface area (Å²) in [4.78, 5) is 0. The number of halogens is 1. The summed E-state index contributed by atoms with van der Waals surface area (Å²) in [5, 5.41) is 4.17. The molecule has 0 bridgehead atoms. The van der Waals surface area contributed by atoms with Crippen molar-refractivity contribution in [1.29, 1.82) is 0 Å². The molecule has 0 aromatic heterocycles. The molecule has 2 atom stereocenters. The van der Waals surface area contributed by atoms with Crippen molar-refractivity contribution in [3.63, 3.8) is 0 Å². The minimum Gasteiger partial charge on any atom is -0.368 e. The van der Waals surface area contributed by atoms with Crippen LogP contribution >= 0.6 is 11.6 Å². The Morgan fingerprint density at radius 1 is 1.40 bits per heavy atom. The molecule has 1 aromatic rings. The van der Waals surface area contributed by atoms with Crippen LogP contribution in [0, 0.1) is 0 Å². The van der Waals surface area contributed by atoms with Crippen molar-refractivity contribution < 1.29 is 4.74 Å². The van der Waals surface area contributed by atoms with Gasteiger partial charge in [-0.1, -0.05) is 36.7 Å². The maximum absolute atomic E-state index is 6.14. The monoisotopic (exact) mass is 225 g/mol. The molecule has 0 spiro atoms. The molecule has 82 valence electrons. The summed E-state index contributed by atoms with van der Waals surface area (Å²) >= 11 is 6.14. The lowest BCUT2D eigenvalue weighted by atomic mass is 10.1. The number of nitrogens with one attached hydrogen (secondary N) is 1. The molecule has 3 heteroatoms. The Bertz CT molecular complexity index is 329. The number of ether oxygens (including phenoxy) is 1. The summed E-state index contributed by atoms with van der Waals surface area (Å²) in [6.07, 6.45) is 1.44. The first-order chi connectivity index (χ1) is 7.31. The lowest BCUT2D eigenvalue weighted by Crippen LogP contribution is -2.40. The highest BCUT2D eigenvalue weighted by atomic mass is 35.5. The molecule has 2 nitrogen and oxygen atoms in total. The van der Waals surface area contributed by atoms with Crippen molar-refractivity contribution in [2.24, 2.45) is 0 Å². The van der Waals surface area contributed by atoms with Crippen LogP contribution in [0.4, 0.5) is 0 Å². The number of morpholine rings is 1. The first kappa shape index (κ1) is 10.9. The third-order valence-corrected chi connectivity index (χ3v) is 3.11. The second kappa shape index (κ2) is 4.97. The van der Waals surface area contributed by atoms with E-state index < -0.39 is 0 Å². The molecule has 2 rings (SSSR count). The van der Waals surface area contributed by atoms with Crippen LogP contribution in [-0.2, 0) is 4.74 Å². The highest BCUT2D eigenvalue weighted by molar-refractivity contribution is 6.31. The number of rotatable bonds is 2. The van der Waals surface area contributed by atoms with E-state index in [2.05, 4.69) is 12.2 Å². The van der Waals surface area contributed by atoms with Crippen LogP contribution in [0.2, 0.25) is 5.02 Å². The molecular formula is C12H16ClNO. The van der Waals surface area contributed by atoms with Crippen molar-refractivity contribution in [2.45, 2.75) is 25.6 Å². The Morgan fingerprint density at radius 3 is 2.93 bits per heavy atom. The lowest BCUT2D eigenvalue weighted by Gasteiger charge is -2.31. The summed E-state index contributed by atoms with van der Waals surface area (Å²) < 4.78 is 5.96. The Morgan fingerprint density at radius 2 is 2.20 bits per heavy atom. The second-order valence-corrected chi connectivity index (χ2v) is 4.24. The van der Waals surface area contributed by atoms with E-state index in [-0.39, 0.29) is 6.10 Å². The van der Waals surface area contributed by atoms with Gasteiger partial charge >= 0.3 is 0 Å². The third-order valence-electron chi connectivity index (χ3n) is 2.77. The summed E-state index contributed by atoms with van der Waals surface area (Å²) in [5.41, 5.74) is 1.09. The second-order valence-electron chi connectivity index (χ2n) is 3.83. The zero-order valence-electron chi connectivity index (χ0n) is 8.87. The number of hydrogen-bond donors (Lipinski definition) is 1. The largest absolute Gasteiger partial charge is 0.368 e. The zero-order chi connectivity index (χ0) is 10.7. The zero-order valence-corrected chi connectivity index (χ0v) is 9.63. The summed E-state index contributed by atoms with van der Waals surface area (Å²) in [6.45, 7) is 3.93. The first-order valence-electron chi connectivity index (χ1n) is 5.42. The molecule has 15 heavy (non-hydrogen) atoms. The SMILES string of the molecule is CCC1CNCC(c2ccccc2Cl)O1. The molecule has 2 unspecified atom stereocenters. The van der Waals surface area contributed by atoms with Crippen LogP contribution in [0.1, 0.15) is 25.0 Å². The fourth-order valence-electron chi connectivity index (χ4n) is 1.86. The number of benzene rings is 1. The summed E-state index contributed by atoms with van der Waals surface area (Å²) in [5.74, 6) is 0. The van der Waals surface area contributed by atoms with Crippen LogP contribution in [-0.4, -0.2) is 19.2 Å². The van der Waals surface area contributed by atoms with Crippen molar-refractivity contribution in [2.75, 3.05) is 13.1 Å². The van der Waals surface area contributed by atoms with Gasteiger partial charge in [0, 0.05) is 23.7 Å². The molecule has 1 aliphatic rings. The predicted molar refractivity (Wildman–Crippen MR) is 62.2 cm³/mol. The Kier molecular flexibility index (Phi) is 3.62. The Hall–Kier alpha value is -0.570. The van der Waals surface area contributed by atoms with Gasteiger partial charge in [0.2, 0.25) is 0 Å². The molecule has 1 fully saturated rings. The first-order valence-corrected chi connectivity index (χ1v) is 5.79. The Labute approximate surface area is 95.6 Å². The maximum atomic E-state index is 6.14. The van der Waals surface area contributed by atoms with Crippen molar-refractivity contribution in [3.05, 3.63) is 34.9 Å². The van der Waals surface area contributed by atoms with Gasteiger partial charge in [0.15, 0.2) is 0 Å². The fourth-order valence-corrected chi connectivity index (χ4v) is 2.12. The molecule has 0 radical (unpaired) electrons. The van der Waals surface area contributed by atoms with E-state index in [1.54, 1.807) is 0 Å². The quantitative estimate of drug-likeness (QED) is 0.836. The Balaban J connectivity index is 2.13. The highest BCUT2D eigenvalue weighted by Crippen LogP contribution is 2.28. The standard InChI is InChI=1S/C12H16ClNO/c1-2-9-7-14-8-12(15-9)10-5-3-4-6-11(10)13/h3-6,9,12,14H,2,7-8H2,1H3. The molecule has 1 heterocycles. The van der Waals surface area contributed by atoms with E-state index in [9.17, 15) is 0 Å². The van der Waals surface area contributed by atoms with Crippen LogP contribution in [0.15, 0.2) is 24.3 Å². The van der Waals surface area contributed by atoms with E-state index in [0.717, 1.165) is 30.1 Å². The van der Waals surface area contributed by atoms with Crippen LogP contribution in [0.25, 0.3) is 0 Å².